The predicted octanol–water partition coefficient (Wildman–Crippen LogP) is 1.24. The average molecular weight is 355 g/mol. The number of ether oxygens (including phenoxy) is 2. The summed E-state index contributed by atoms with van der Waals surface area (Å²) in [5.74, 6) is -0.0358. The summed E-state index contributed by atoms with van der Waals surface area (Å²) in [5, 5.41) is 3.02. The molecule has 0 amide bonds. The number of aliphatic imine (C=N–C) groups is 1. The Hall–Kier alpha value is -0.340. The van der Waals surface area contributed by atoms with Gasteiger partial charge in [0.25, 0.3) is 0 Å². The SMILES string of the molecule is C=C(C)CN=C(N)NCCC1(C)OCCO1.I. The van der Waals surface area contributed by atoms with Crippen molar-refractivity contribution in [3.8, 4) is 0 Å². The smallest absolute Gasteiger partial charge is 0.188 e. The summed E-state index contributed by atoms with van der Waals surface area (Å²) in [7, 11) is 0. The molecule has 17 heavy (non-hydrogen) atoms. The summed E-state index contributed by atoms with van der Waals surface area (Å²) in [6, 6.07) is 0. The lowest BCUT2D eigenvalue weighted by Crippen LogP contribution is -2.37. The largest absolute Gasteiger partial charge is 0.370 e. The van der Waals surface area contributed by atoms with Crippen LogP contribution in [-0.2, 0) is 9.47 Å². The monoisotopic (exact) mass is 355 g/mol. The number of halogens is 1. The highest BCUT2D eigenvalue weighted by Gasteiger charge is 2.30. The van der Waals surface area contributed by atoms with E-state index in [-0.39, 0.29) is 24.0 Å². The van der Waals surface area contributed by atoms with E-state index < -0.39 is 5.79 Å². The lowest BCUT2D eigenvalue weighted by molar-refractivity contribution is -0.145. The summed E-state index contributed by atoms with van der Waals surface area (Å²) in [6.45, 7) is 10.2. The van der Waals surface area contributed by atoms with Crippen LogP contribution in [0.5, 0.6) is 0 Å². The van der Waals surface area contributed by atoms with Gasteiger partial charge in [0.05, 0.1) is 19.8 Å². The Morgan fingerprint density at radius 1 is 1.47 bits per heavy atom. The van der Waals surface area contributed by atoms with Crippen LogP contribution >= 0.6 is 24.0 Å². The highest BCUT2D eigenvalue weighted by atomic mass is 127. The molecule has 0 bridgehead atoms. The molecular formula is C11H22IN3O2. The molecule has 0 aromatic heterocycles. The van der Waals surface area contributed by atoms with Crippen LogP contribution in [-0.4, -0.2) is 38.0 Å². The zero-order valence-corrected chi connectivity index (χ0v) is 12.8. The van der Waals surface area contributed by atoms with E-state index in [0.29, 0.717) is 32.3 Å². The fourth-order valence-corrected chi connectivity index (χ4v) is 1.39. The Morgan fingerprint density at radius 3 is 2.59 bits per heavy atom. The summed E-state index contributed by atoms with van der Waals surface area (Å²) in [6.07, 6.45) is 0.746. The van der Waals surface area contributed by atoms with Gasteiger partial charge in [0.15, 0.2) is 11.7 Å². The third-order valence-corrected chi connectivity index (χ3v) is 2.30. The van der Waals surface area contributed by atoms with Gasteiger partial charge in [0.1, 0.15) is 0 Å². The lowest BCUT2D eigenvalue weighted by Gasteiger charge is -2.22. The van der Waals surface area contributed by atoms with Gasteiger partial charge in [-0.3, -0.25) is 0 Å². The number of nitrogens with zero attached hydrogens (tertiary/aromatic N) is 1. The zero-order chi connectivity index (χ0) is 12.0. The molecule has 3 N–H and O–H groups in total. The van der Waals surface area contributed by atoms with Crippen molar-refractivity contribution in [1.29, 1.82) is 0 Å². The third kappa shape index (κ3) is 6.85. The van der Waals surface area contributed by atoms with Crippen molar-refractivity contribution in [1.82, 2.24) is 5.32 Å². The van der Waals surface area contributed by atoms with E-state index in [1.54, 1.807) is 0 Å². The van der Waals surface area contributed by atoms with Gasteiger partial charge < -0.3 is 20.5 Å². The molecular weight excluding hydrogens is 333 g/mol. The van der Waals surface area contributed by atoms with Gasteiger partial charge in [0, 0.05) is 13.0 Å². The molecule has 1 saturated heterocycles. The molecule has 0 unspecified atom stereocenters. The van der Waals surface area contributed by atoms with Crippen LogP contribution in [0.4, 0.5) is 0 Å². The van der Waals surface area contributed by atoms with Crippen LogP contribution in [0.3, 0.4) is 0 Å². The minimum absolute atomic E-state index is 0. The first-order chi connectivity index (χ1) is 7.52. The Labute approximate surface area is 120 Å². The second kappa shape index (κ2) is 7.88. The molecule has 1 aliphatic rings. The van der Waals surface area contributed by atoms with Crippen LogP contribution < -0.4 is 11.1 Å². The van der Waals surface area contributed by atoms with Crippen molar-refractivity contribution in [2.24, 2.45) is 10.7 Å². The Kier molecular flexibility index (Phi) is 7.73. The van der Waals surface area contributed by atoms with Crippen LogP contribution in [0, 0.1) is 0 Å². The van der Waals surface area contributed by atoms with Gasteiger partial charge in [-0.25, -0.2) is 4.99 Å². The summed E-state index contributed by atoms with van der Waals surface area (Å²) >= 11 is 0. The zero-order valence-electron chi connectivity index (χ0n) is 10.5. The Balaban J connectivity index is 0.00000256. The first kappa shape index (κ1) is 16.7. The van der Waals surface area contributed by atoms with E-state index in [9.17, 15) is 0 Å². The molecule has 0 aromatic carbocycles. The molecule has 0 aromatic rings. The lowest BCUT2D eigenvalue weighted by atomic mass is 10.2. The molecule has 5 nitrogen and oxygen atoms in total. The van der Waals surface area contributed by atoms with Gasteiger partial charge in [-0.15, -0.1) is 24.0 Å². The average Bonchev–Trinajstić information content (AvgIpc) is 2.62. The predicted molar refractivity (Wildman–Crippen MR) is 79.6 cm³/mol. The van der Waals surface area contributed by atoms with Crippen molar-refractivity contribution >= 4 is 29.9 Å². The summed E-state index contributed by atoms with van der Waals surface area (Å²) in [5.41, 5.74) is 6.65. The number of hydrogen-bond donors (Lipinski definition) is 2. The minimum atomic E-state index is -0.471. The third-order valence-electron chi connectivity index (χ3n) is 2.30. The molecule has 1 heterocycles. The molecule has 1 aliphatic heterocycles. The van der Waals surface area contributed by atoms with E-state index in [4.69, 9.17) is 15.2 Å². The fraction of sp³-hybridized carbons (Fsp3) is 0.727. The number of hydrogen-bond acceptors (Lipinski definition) is 3. The first-order valence-electron chi connectivity index (χ1n) is 5.48. The summed E-state index contributed by atoms with van der Waals surface area (Å²) < 4.78 is 10.9. The molecule has 0 spiro atoms. The van der Waals surface area contributed by atoms with Crippen LogP contribution in [0.15, 0.2) is 17.1 Å². The number of nitrogens with one attached hydrogen (secondary N) is 1. The topological polar surface area (TPSA) is 68.9 Å². The van der Waals surface area contributed by atoms with E-state index >= 15 is 0 Å². The molecule has 0 atom stereocenters. The van der Waals surface area contributed by atoms with E-state index in [1.165, 1.54) is 0 Å². The molecule has 1 fully saturated rings. The molecule has 1 rings (SSSR count). The van der Waals surface area contributed by atoms with Crippen molar-refractivity contribution in [3.05, 3.63) is 12.2 Å². The molecule has 0 saturated carbocycles. The second-order valence-electron chi connectivity index (χ2n) is 4.17. The van der Waals surface area contributed by atoms with Gasteiger partial charge >= 0.3 is 0 Å². The maximum atomic E-state index is 5.67. The maximum Gasteiger partial charge on any atom is 0.188 e. The minimum Gasteiger partial charge on any atom is -0.370 e. The fourth-order valence-electron chi connectivity index (χ4n) is 1.39. The van der Waals surface area contributed by atoms with Crippen molar-refractivity contribution in [2.45, 2.75) is 26.1 Å². The highest BCUT2D eigenvalue weighted by molar-refractivity contribution is 14.0. The van der Waals surface area contributed by atoms with E-state index in [1.807, 2.05) is 13.8 Å². The normalized spacial score (nSPS) is 18.6. The van der Waals surface area contributed by atoms with Crippen molar-refractivity contribution in [2.75, 3.05) is 26.3 Å². The standard InChI is InChI=1S/C11H21N3O2.HI/c1-9(2)8-14-10(12)13-5-4-11(3)15-6-7-16-11;/h1,4-8H2,2-3H3,(H3,12,13,14);1H. The van der Waals surface area contributed by atoms with Crippen molar-refractivity contribution < 1.29 is 9.47 Å². The second-order valence-corrected chi connectivity index (χ2v) is 4.17. The van der Waals surface area contributed by atoms with Crippen molar-refractivity contribution in [3.63, 3.8) is 0 Å². The quantitative estimate of drug-likeness (QED) is 0.337. The maximum absolute atomic E-state index is 5.67. The number of nitrogens with two attached hydrogens (primary N) is 1. The molecule has 6 heteroatoms. The molecule has 0 radical (unpaired) electrons. The van der Waals surface area contributed by atoms with E-state index in [2.05, 4.69) is 16.9 Å². The number of guanidine groups is 1. The first-order valence-corrected chi connectivity index (χ1v) is 5.48. The van der Waals surface area contributed by atoms with Crippen LogP contribution in [0.1, 0.15) is 20.3 Å². The van der Waals surface area contributed by atoms with Gasteiger partial charge in [0.2, 0.25) is 0 Å². The van der Waals surface area contributed by atoms with Gasteiger partial charge in [-0.1, -0.05) is 12.2 Å². The number of rotatable bonds is 5. The molecule has 100 valence electrons. The Morgan fingerprint density at radius 2 is 2.06 bits per heavy atom. The highest BCUT2D eigenvalue weighted by Crippen LogP contribution is 2.21. The van der Waals surface area contributed by atoms with Crippen LogP contribution in [0.25, 0.3) is 0 Å². The Bertz CT molecular complexity index is 276. The van der Waals surface area contributed by atoms with E-state index in [0.717, 1.165) is 12.0 Å². The van der Waals surface area contributed by atoms with Crippen LogP contribution in [0.2, 0.25) is 0 Å². The van der Waals surface area contributed by atoms with Gasteiger partial charge in [-0.05, 0) is 13.8 Å². The molecule has 0 aliphatic carbocycles. The summed E-state index contributed by atoms with van der Waals surface area (Å²) in [4.78, 5) is 4.11. The van der Waals surface area contributed by atoms with Gasteiger partial charge in [-0.2, -0.15) is 0 Å².